The van der Waals surface area contributed by atoms with Crippen molar-refractivity contribution in [3.8, 4) is 0 Å². The summed E-state index contributed by atoms with van der Waals surface area (Å²) in [6, 6.07) is 3.56. The predicted molar refractivity (Wildman–Crippen MR) is 68.8 cm³/mol. The summed E-state index contributed by atoms with van der Waals surface area (Å²) in [5.41, 5.74) is 0. The maximum absolute atomic E-state index is 11.6. The van der Waals surface area contributed by atoms with E-state index in [4.69, 9.17) is 5.11 Å². The number of amides is 1. The van der Waals surface area contributed by atoms with Crippen molar-refractivity contribution in [1.82, 2.24) is 10.3 Å². The van der Waals surface area contributed by atoms with Crippen molar-refractivity contribution in [3.63, 3.8) is 0 Å². The molecule has 1 amide bonds. The first kappa shape index (κ1) is 14.0. The van der Waals surface area contributed by atoms with E-state index < -0.39 is 0 Å². The lowest BCUT2D eigenvalue weighted by atomic mass is 10.1. The van der Waals surface area contributed by atoms with Gasteiger partial charge in [0.1, 0.15) is 0 Å². The van der Waals surface area contributed by atoms with Gasteiger partial charge in [0.2, 0.25) is 5.91 Å². The molecule has 5 heteroatoms. The van der Waals surface area contributed by atoms with Crippen molar-refractivity contribution in [3.05, 3.63) is 24.5 Å². The molecule has 0 aliphatic rings. The highest BCUT2D eigenvalue weighted by Gasteiger charge is 2.14. The van der Waals surface area contributed by atoms with Crippen LogP contribution in [0.1, 0.15) is 13.8 Å². The normalized spacial score (nSPS) is 12.5. The van der Waals surface area contributed by atoms with Crippen LogP contribution in [0.3, 0.4) is 0 Å². The molecule has 1 rings (SSSR count). The second-order valence-electron chi connectivity index (χ2n) is 4.07. The summed E-state index contributed by atoms with van der Waals surface area (Å²) < 4.78 is 0. The standard InChI is InChI=1S/C12H18N2O2S/c1-9(2)11(7-15)14-12(16)8-17-10-3-5-13-6-4-10/h3-6,9,11,15H,7-8H2,1-2H3,(H,14,16). The van der Waals surface area contributed by atoms with Gasteiger partial charge in [-0.2, -0.15) is 0 Å². The average Bonchev–Trinajstić information content (AvgIpc) is 2.34. The molecule has 2 N–H and O–H groups in total. The topological polar surface area (TPSA) is 62.2 Å². The van der Waals surface area contributed by atoms with E-state index in [-0.39, 0.29) is 24.5 Å². The maximum atomic E-state index is 11.6. The van der Waals surface area contributed by atoms with Gasteiger partial charge >= 0.3 is 0 Å². The number of thioether (sulfide) groups is 1. The Balaban J connectivity index is 2.35. The Labute approximate surface area is 106 Å². The second-order valence-corrected chi connectivity index (χ2v) is 5.12. The van der Waals surface area contributed by atoms with E-state index in [1.165, 1.54) is 11.8 Å². The van der Waals surface area contributed by atoms with Gasteiger partial charge in [-0.05, 0) is 18.1 Å². The third-order valence-electron chi connectivity index (χ3n) is 2.37. The monoisotopic (exact) mass is 254 g/mol. The van der Waals surface area contributed by atoms with Crippen molar-refractivity contribution in [1.29, 1.82) is 0 Å². The highest BCUT2D eigenvalue weighted by molar-refractivity contribution is 8.00. The number of rotatable bonds is 6. The van der Waals surface area contributed by atoms with Crippen molar-refractivity contribution >= 4 is 17.7 Å². The molecule has 0 aromatic carbocycles. The van der Waals surface area contributed by atoms with Crippen LogP contribution in [-0.4, -0.2) is 34.4 Å². The number of nitrogens with zero attached hydrogens (tertiary/aromatic N) is 1. The fourth-order valence-corrected chi connectivity index (χ4v) is 1.95. The Morgan fingerprint density at radius 1 is 1.47 bits per heavy atom. The van der Waals surface area contributed by atoms with Gasteiger partial charge in [-0.3, -0.25) is 9.78 Å². The van der Waals surface area contributed by atoms with Crippen LogP contribution in [-0.2, 0) is 4.79 Å². The zero-order valence-corrected chi connectivity index (χ0v) is 10.9. The van der Waals surface area contributed by atoms with E-state index in [1.807, 2.05) is 26.0 Å². The zero-order chi connectivity index (χ0) is 12.7. The molecule has 1 unspecified atom stereocenters. The lowest BCUT2D eigenvalue weighted by Gasteiger charge is -2.19. The molecule has 0 bridgehead atoms. The first-order valence-electron chi connectivity index (χ1n) is 5.56. The maximum Gasteiger partial charge on any atom is 0.230 e. The van der Waals surface area contributed by atoms with Crippen LogP contribution in [0, 0.1) is 5.92 Å². The van der Waals surface area contributed by atoms with Crippen LogP contribution in [0.5, 0.6) is 0 Å². The van der Waals surface area contributed by atoms with E-state index in [9.17, 15) is 4.79 Å². The molecule has 94 valence electrons. The van der Waals surface area contributed by atoms with Crippen LogP contribution in [0.25, 0.3) is 0 Å². The summed E-state index contributed by atoms with van der Waals surface area (Å²) in [5.74, 6) is 0.530. The number of pyridine rings is 1. The summed E-state index contributed by atoms with van der Waals surface area (Å²) in [7, 11) is 0. The number of aromatic nitrogens is 1. The minimum atomic E-state index is -0.166. The van der Waals surface area contributed by atoms with E-state index in [1.54, 1.807) is 12.4 Å². The fourth-order valence-electron chi connectivity index (χ4n) is 1.25. The molecule has 1 aromatic heterocycles. The molecule has 0 saturated heterocycles. The number of nitrogens with one attached hydrogen (secondary N) is 1. The van der Waals surface area contributed by atoms with Gasteiger partial charge < -0.3 is 10.4 Å². The molecule has 0 saturated carbocycles. The molecule has 1 aromatic rings. The van der Waals surface area contributed by atoms with Crippen molar-refractivity contribution < 1.29 is 9.90 Å². The van der Waals surface area contributed by atoms with E-state index in [0.717, 1.165) is 4.90 Å². The lowest BCUT2D eigenvalue weighted by Crippen LogP contribution is -2.41. The number of carbonyl (C=O) groups is 1. The van der Waals surface area contributed by atoms with Crippen LogP contribution in [0.4, 0.5) is 0 Å². The largest absolute Gasteiger partial charge is 0.394 e. The van der Waals surface area contributed by atoms with Crippen molar-refractivity contribution in [2.45, 2.75) is 24.8 Å². The van der Waals surface area contributed by atoms with Crippen LogP contribution in [0.15, 0.2) is 29.4 Å². The Morgan fingerprint density at radius 3 is 2.65 bits per heavy atom. The second kappa shape index (κ2) is 7.29. The quantitative estimate of drug-likeness (QED) is 0.751. The smallest absolute Gasteiger partial charge is 0.230 e. The van der Waals surface area contributed by atoms with E-state index >= 15 is 0 Å². The Kier molecular flexibility index (Phi) is 6.00. The molecule has 0 fully saturated rings. The van der Waals surface area contributed by atoms with Gasteiger partial charge in [0.05, 0.1) is 18.4 Å². The van der Waals surface area contributed by atoms with E-state index in [0.29, 0.717) is 5.75 Å². The number of hydrogen-bond acceptors (Lipinski definition) is 4. The van der Waals surface area contributed by atoms with Gasteiger partial charge in [0.15, 0.2) is 0 Å². The van der Waals surface area contributed by atoms with E-state index in [2.05, 4.69) is 10.3 Å². The summed E-state index contributed by atoms with van der Waals surface area (Å²) >= 11 is 1.46. The summed E-state index contributed by atoms with van der Waals surface area (Å²) in [6.45, 7) is 3.91. The predicted octanol–water partition coefficient (Wildman–Crippen LogP) is 1.31. The molecule has 0 aliphatic carbocycles. The van der Waals surface area contributed by atoms with Gasteiger partial charge in [-0.25, -0.2) is 0 Å². The number of aliphatic hydroxyl groups excluding tert-OH is 1. The number of carbonyl (C=O) groups excluding carboxylic acids is 1. The summed E-state index contributed by atoms with van der Waals surface area (Å²) in [6.07, 6.45) is 3.40. The van der Waals surface area contributed by atoms with Crippen molar-refractivity contribution in [2.24, 2.45) is 5.92 Å². The molecule has 0 radical (unpaired) electrons. The minimum Gasteiger partial charge on any atom is -0.394 e. The molecule has 0 spiro atoms. The molecule has 0 aliphatic heterocycles. The van der Waals surface area contributed by atoms with Gasteiger partial charge in [0.25, 0.3) is 0 Å². The fraction of sp³-hybridized carbons (Fsp3) is 0.500. The first-order valence-corrected chi connectivity index (χ1v) is 6.55. The van der Waals surface area contributed by atoms with Gasteiger partial charge in [0, 0.05) is 17.3 Å². The number of hydrogen-bond donors (Lipinski definition) is 2. The van der Waals surface area contributed by atoms with Crippen LogP contribution >= 0.6 is 11.8 Å². The lowest BCUT2D eigenvalue weighted by molar-refractivity contribution is -0.119. The number of aliphatic hydroxyl groups is 1. The summed E-state index contributed by atoms with van der Waals surface area (Å²) in [4.78, 5) is 16.6. The molecule has 1 atom stereocenters. The van der Waals surface area contributed by atoms with Gasteiger partial charge in [-0.15, -0.1) is 11.8 Å². The molecular formula is C12H18N2O2S. The van der Waals surface area contributed by atoms with Crippen LogP contribution in [0.2, 0.25) is 0 Å². The average molecular weight is 254 g/mol. The third-order valence-corrected chi connectivity index (χ3v) is 3.38. The third kappa shape index (κ3) is 5.19. The summed E-state index contributed by atoms with van der Waals surface area (Å²) in [5, 5.41) is 11.9. The van der Waals surface area contributed by atoms with Crippen LogP contribution < -0.4 is 5.32 Å². The zero-order valence-electron chi connectivity index (χ0n) is 10.1. The highest BCUT2D eigenvalue weighted by Crippen LogP contribution is 2.15. The van der Waals surface area contributed by atoms with Gasteiger partial charge in [-0.1, -0.05) is 13.8 Å². The molecule has 1 heterocycles. The van der Waals surface area contributed by atoms with Crippen molar-refractivity contribution in [2.75, 3.05) is 12.4 Å². The minimum absolute atomic E-state index is 0.0245. The molecule has 4 nitrogen and oxygen atoms in total. The SMILES string of the molecule is CC(C)C(CO)NC(=O)CSc1ccncc1. The molecule has 17 heavy (non-hydrogen) atoms. The Hall–Kier alpha value is -1.07. The Morgan fingerprint density at radius 2 is 2.12 bits per heavy atom. The highest BCUT2D eigenvalue weighted by atomic mass is 32.2. The molecular weight excluding hydrogens is 236 g/mol. The Bertz CT molecular complexity index is 344. The first-order chi connectivity index (χ1) is 8.13.